The number of hydrogen-bond acceptors (Lipinski definition) is 7. The third-order valence-electron chi connectivity index (χ3n) is 5.54. The fourth-order valence-corrected chi connectivity index (χ4v) is 4.95. The van der Waals surface area contributed by atoms with E-state index in [1.807, 2.05) is 35.2 Å². The minimum Gasteiger partial charge on any atom is -0.378 e. The van der Waals surface area contributed by atoms with Crippen LogP contribution in [0, 0.1) is 10.1 Å². The van der Waals surface area contributed by atoms with Gasteiger partial charge in [0.05, 0.1) is 39.1 Å². The molecule has 172 valence electrons. The number of rotatable bonds is 5. The number of benzene rings is 3. The van der Waals surface area contributed by atoms with Gasteiger partial charge in [-0.3, -0.25) is 14.9 Å². The lowest BCUT2D eigenvalue weighted by Crippen LogP contribution is -2.36. The van der Waals surface area contributed by atoms with Crippen LogP contribution in [0.4, 0.5) is 17.1 Å². The number of nitro groups is 1. The maximum absolute atomic E-state index is 13.0. The van der Waals surface area contributed by atoms with Crippen molar-refractivity contribution in [1.29, 1.82) is 0 Å². The summed E-state index contributed by atoms with van der Waals surface area (Å²) in [6.07, 6.45) is 0. The first-order chi connectivity index (χ1) is 16.5. The largest absolute Gasteiger partial charge is 0.378 e. The lowest BCUT2D eigenvalue weighted by atomic mass is 10.1. The third kappa shape index (κ3) is 4.45. The van der Waals surface area contributed by atoms with Crippen molar-refractivity contribution in [1.82, 2.24) is 4.98 Å². The highest BCUT2D eigenvalue weighted by molar-refractivity contribution is 7.21. The third-order valence-corrected chi connectivity index (χ3v) is 6.96. The summed E-state index contributed by atoms with van der Waals surface area (Å²) in [6.45, 7) is 2.12. The Kier molecular flexibility index (Phi) is 6.14. The maximum Gasteiger partial charge on any atom is 0.293 e. The number of fused-ring (bicyclic) bond motifs is 1. The highest BCUT2D eigenvalue weighted by Gasteiger charge is 2.23. The molecule has 34 heavy (non-hydrogen) atoms. The minimum atomic E-state index is -0.486. The molecule has 0 radical (unpaired) electrons. The van der Waals surface area contributed by atoms with Gasteiger partial charge in [0.25, 0.3) is 11.6 Å². The summed E-state index contributed by atoms with van der Waals surface area (Å²) in [5.74, 6) is -0.486. The van der Waals surface area contributed by atoms with E-state index >= 15 is 0 Å². The van der Waals surface area contributed by atoms with Crippen molar-refractivity contribution in [3.63, 3.8) is 0 Å². The first-order valence-electron chi connectivity index (χ1n) is 10.6. The van der Waals surface area contributed by atoms with E-state index in [-0.39, 0.29) is 11.3 Å². The van der Waals surface area contributed by atoms with Gasteiger partial charge in [0.15, 0.2) is 0 Å². The Balaban J connectivity index is 1.42. The Morgan fingerprint density at radius 2 is 1.91 bits per heavy atom. The quantitative estimate of drug-likeness (QED) is 0.286. The molecule has 0 spiro atoms. The van der Waals surface area contributed by atoms with E-state index in [0.29, 0.717) is 42.7 Å². The van der Waals surface area contributed by atoms with Crippen molar-refractivity contribution in [2.75, 3.05) is 36.5 Å². The van der Waals surface area contributed by atoms with Gasteiger partial charge in [0.1, 0.15) is 10.7 Å². The molecule has 1 aliphatic rings. The molecule has 8 nitrogen and oxygen atoms in total. The predicted molar refractivity (Wildman–Crippen MR) is 134 cm³/mol. The van der Waals surface area contributed by atoms with Crippen LogP contribution >= 0.6 is 22.9 Å². The SMILES string of the molecule is O=C(Nc1cc(-c2nc3ccccc3s2)ccc1Cl)c1ccc(N2CCOCC2)c([N+](=O)[O-])c1. The maximum atomic E-state index is 13.0. The normalized spacial score (nSPS) is 13.7. The number of carbonyl (C=O) groups is 1. The van der Waals surface area contributed by atoms with Crippen molar-refractivity contribution in [2.45, 2.75) is 0 Å². The van der Waals surface area contributed by atoms with Crippen molar-refractivity contribution >= 4 is 56.1 Å². The Hall–Kier alpha value is -3.53. The first kappa shape index (κ1) is 22.3. The second-order valence-corrected chi connectivity index (χ2v) is 9.13. The molecule has 5 rings (SSSR count). The Labute approximate surface area is 203 Å². The number of nitrogens with zero attached hydrogens (tertiary/aromatic N) is 3. The number of nitro benzene ring substituents is 1. The van der Waals surface area contributed by atoms with Crippen LogP contribution in [0.15, 0.2) is 60.7 Å². The summed E-state index contributed by atoms with van der Waals surface area (Å²) < 4.78 is 6.39. The number of ether oxygens (including phenoxy) is 1. The molecule has 1 fully saturated rings. The molecule has 4 aromatic rings. The summed E-state index contributed by atoms with van der Waals surface area (Å²) in [4.78, 5) is 30.8. The fraction of sp³-hybridized carbons (Fsp3) is 0.167. The van der Waals surface area contributed by atoms with Gasteiger partial charge in [-0.2, -0.15) is 0 Å². The number of halogens is 1. The van der Waals surface area contributed by atoms with Gasteiger partial charge in [-0.1, -0.05) is 29.8 Å². The molecule has 1 saturated heterocycles. The number of hydrogen-bond donors (Lipinski definition) is 1. The molecule has 2 heterocycles. The van der Waals surface area contributed by atoms with Crippen LogP contribution in [-0.4, -0.2) is 42.1 Å². The van der Waals surface area contributed by atoms with Gasteiger partial charge in [-0.05, 0) is 36.4 Å². The van der Waals surface area contributed by atoms with Gasteiger partial charge in [0.2, 0.25) is 0 Å². The van der Waals surface area contributed by atoms with Crippen LogP contribution in [-0.2, 0) is 4.74 Å². The number of amides is 1. The number of thiazole rings is 1. The van der Waals surface area contributed by atoms with Crippen molar-refractivity contribution < 1.29 is 14.5 Å². The zero-order chi connectivity index (χ0) is 23.7. The smallest absolute Gasteiger partial charge is 0.293 e. The molecular weight excluding hydrogens is 476 g/mol. The molecule has 0 bridgehead atoms. The molecule has 1 amide bonds. The monoisotopic (exact) mass is 494 g/mol. The van der Waals surface area contributed by atoms with E-state index in [4.69, 9.17) is 16.3 Å². The summed E-state index contributed by atoms with van der Waals surface area (Å²) in [7, 11) is 0. The number of nitrogens with one attached hydrogen (secondary N) is 1. The number of para-hydroxylation sites is 1. The molecular formula is C24H19ClN4O4S. The second kappa shape index (κ2) is 9.38. The van der Waals surface area contributed by atoms with E-state index in [9.17, 15) is 14.9 Å². The van der Waals surface area contributed by atoms with E-state index < -0.39 is 10.8 Å². The van der Waals surface area contributed by atoms with Gasteiger partial charge < -0.3 is 15.0 Å². The van der Waals surface area contributed by atoms with Gasteiger partial charge in [0, 0.05) is 30.3 Å². The molecule has 0 aliphatic carbocycles. The first-order valence-corrected chi connectivity index (χ1v) is 11.8. The van der Waals surface area contributed by atoms with Crippen LogP contribution < -0.4 is 10.2 Å². The lowest BCUT2D eigenvalue weighted by molar-refractivity contribution is -0.384. The summed E-state index contributed by atoms with van der Waals surface area (Å²) >= 11 is 7.89. The van der Waals surface area contributed by atoms with Gasteiger partial charge in [-0.25, -0.2) is 4.98 Å². The Bertz CT molecular complexity index is 1370. The highest BCUT2D eigenvalue weighted by Crippen LogP contribution is 2.35. The number of anilines is 2. The number of morpholine rings is 1. The molecule has 3 aromatic carbocycles. The molecule has 0 saturated carbocycles. The van der Waals surface area contributed by atoms with Crippen LogP contribution in [0.3, 0.4) is 0 Å². The fourth-order valence-electron chi connectivity index (χ4n) is 3.83. The molecule has 1 aliphatic heterocycles. The molecule has 0 unspecified atom stereocenters. The standard InChI is InChI=1S/C24H19ClN4O4S/c25-17-7-5-16(24-27-18-3-1-2-4-22(18)34-24)13-19(17)26-23(30)15-6-8-20(21(14-15)29(31)32)28-9-11-33-12-10-28/h1-8,13-14H,9-12H2,(H,26,30). The van der Waals surface area contributed by atoms with Crippen LogP contribution in [0.5, 0.6) is 0 Å². The van der Waals surface area contributed by atoms with E-state index in [1.54, 1.807) is 35.6 Å². The van der Waals surface area contributed by atoms with Crippen molar-refractivity contribution in [2.24, 2.45) is 0 Å². The molecule has 1 aromatic heterocycles. The van der Waals surface area contributed by atoms with Crippen LogP contribution in [0.2, 0.25) is 5.02 Å². The molecule has 0 atom stereocenters. The predicted octanol–water partition coefficient (Wildman–Crippen LogP) is 5.61. The highest BCUT2D eigenvalue weighted by atomic mass is 35.5. The second-order valence-electron chi connectivity index (χ2n) is 7.70. The van der Waals surface area contributed by atoms with Crippen LogP contribution in [0.25, 0.3) is 20.8 Å². The zero-order valence-electron chi connectivity index (χ0n) is 17.9. The molecule has 10 heteroatoms. The van der Waals surface area contributed by atoms with Crippen molar-refractivity contribution in [3.8, 4) is 10.6 Å². The molecule has 1 N–H and O–H groups in total. The summed E-state index contributed by atoms with van der Waals surface area (Å²) in [6, 6.07) is 17.6. The number of carbonyl (C=O) groups excluding carboxylic acids is 1. The summed E-state index contributed by atoms with van der Waals surface area (Å²) in [5.41, 5.74) is 2.64. The van der Waals surface area contributed by atoms with Crippen molar-refractivity contribution in [3.05, 3.63) is 81.4 Å². The average molecular weight is 495 g/mol. The Morgan fingerprint density at radius 3 is 2.68 bits per heavy atom. The minimum absolute atomic E-state index is 0.121. The topological polar surface area (TPSA) is 97.6 Å². The van der Waals surface area contributed by atoms with Gasteiger partial charge >= 0.3 is 0 Å². The van der Waals surface area contributed by atoms with E-state index in [0.717, 1.165) is 20.8 Å². The van der Waals surface area contributed by atoms with E-state index in [1.165, 1.54) is 6.07 Å². The van der Waals surface area contributed by atoms with Gasteiger partial charge in [-0.15, -0.1) is 11.3 Å². The lowest BCUT2D eigenvalue weighted by Gasteiger charge is -2.28. The van der Waals surface area contributed by atoms with Crippen LogP contribution in [0.1, 0.15) is 10.4 Å². The average Bonchev–Trinajstić information content (AvgIpc) is 3.30. The number of aromatic nitrogens is 1. The Morgan fingerprint density at radius 1 is 1.12 bits per heavy atom. The summed E-state index contributed by atoms with van der Waals surface area (Å²) in [5, 5.41) is 15.7. The zero-order valence-corrected chi connectivity index (χ0v) is 19.4. The van der Waals surface area contributed by atoms with E-state index in [2.05, 4.69) is 10.3 Å².